The molecule has 0 radical (unpaired) electrons. The molecule has 1 aromatic rings. The second kappa shape index (κ2) is 4.96. The van der Waals surface area contributed by atoms with Crippen molar-refractivity contribution in [3.8, 4) is 0 Å². The van der Waals surface area contributed by atoms with E-state index in [9.17, 15) is 18.0 Å². The predicted molar refractivity (Wildman–Crippen MR) is 52.0 cm³/mol. The fourth-order valence-electron chi connectivity index (χ4n) is 1.09. The highest BCUT2D eigenvalue weighted by atomic mass is 19.4. The monoisotopic (exact) mass is 232 g/mol. The molecule has 6 heteroatoms. The second-order valence-corrected chi connectivity index (χ2v) is 3.20. The molecule has 0 bridgehead atoms. The van der Waals surface area contributed by atoms with Crippen molar-refractivity contribution in [2.75, 3.05) is 6.54 Å². The molecule has 0 unspecified atom stereocenters. The smallest absolute Gasteiger partial charge is 0.342 e. The van der Waals surface area contributed by atoms with E-state index in [-0.39, 0.29) is 5.69 Å². The third-order valence-electron chi connectivity index (χ3n) is 1.91. The molecule has 1 aromatic heterocycles. The number of carbonyl (C=O) groups excluding carboxylic acids is 1. The van der Waals surface area contributed by atoms with Crippen LogP contribution in [0.2, 0.25) is 0 Å². The average Bonchev–Trinajstić information content (AvgIpc) is 2.25. The number of nitrogens with zero attached hydrogens (tertiary/aromatic N) is 1. The number of hydrogen-bond acceptors (Lipinski definition) is 2. The van der Waals surface area contributed by atoms with Crippen molar-refractivity contribution in [2.45, 2.75) is 19.5 Å². The molecular weight excluding hydrogens is 221 g/mol. The van der Waals surface area contributed by atoms with Crippen molar-refractivity contribution in [3.63, 3.8) is 0 Å². The number of pyridine rings is 1. The van der Waals surface area contributed by atoms with Gasteiger partial charge in [0.05, 0.1) is 0 Å². The van der Waals surface area contributed by atoms with Gasteiger partial charge in [-0.2, -0.15) is 13.2 Å². The number of halogens is 3. The number of carbonyl (C=O) groups is 1. The van der Waals surface area contributed by atoms with Gasteiger partial charge in [-0.3, -0.25) is 9.78 Å². The quantitative estimate of drug-likeness (QED) is 0.865. The zero-order chi connectivity index (χ0) is 12.2. The maximum Gasteiger partial charge on any atom is 0.405 e. The van der Waals surface area contributed by atoms with Gasteiger partial charge in [0.25, 0.3) is 5.91 Å². The largest absolute Gasteiger partial charge is 0.405 e. The summed E-state index contributed by atoms with van der Waals surface area (Å²) < 4.78 is 35.5. The average molecular weight is 232 g/mol. The maximum atomic E-state index is 11.8. The van der Waals surface area contributed by atoms with Crippen LogP contribution in [0.3, 0.4) is 0 Å². The first-order chi connectivity index (χ1) is 7.42. The minimum Gasteiger partial charge on any atom is -0.342 e. The predicted octanol–water partition coefficient (Wildman–Crippen LogP) is 1.94. The third kappa shape index (κ3) is 3.88. The van der Waals surface area contributed by atoms with Gasteiger partial charge in [-0.25, -0.2) is 0 Å². The van der Waals surface area contributed by atoms with E-state index in [2.05, 4.69) is 4.98 Å². The summed E-state index contributed by atoms with van der Waals surface area (Å²) in [5.41, 5.74) is 0.857. The highest BCUT2D eigenvalue weighted by Gasteiger charge is 2.28. The lowest BCUT2D eigenvalue weighted by Gasteiger charge is -2.08. The van der Waals surface area contributed by atoms with Gasteiger partial charge < -0.3 is 5.32 Å². The Hall–Kier alpha value is -1.59. The van der Waals surface area contributed by atoms with Gasteiger partial charge in [0.15, 0.2) is 0 Å². The fraction of sp³-hybridized carbons (Fsp3) is 0.400. The third-order valence-corrected chi connectivity index (χ3v) is 1.91. The second-order valence-electron chi connectivity index (χ2n) is 3.20. The lowest BCUT2D eigenvalue weighted by atomic mass is 10.2. The first kappa shape index (κ1) is 12.5. The van der Waals surface area contributed by atoms with Gasteiger partial charge in [0, 0.05) is 6.20 Å². The van der Waals surface area contributed by atoms with Gasteiger partial charge in [0.2, 0.25) is 0 Å². The van der Waals surface area contributed by atoms with Crippen molar-refractivity contribution in [3.05, 3.63) is 29.6 Å². The zero-order valence-electron chi connectivity index (χ0n) is 8.64. The molecule has 1 N–H and O–H groups in total. The molecule has 88 valence electrons. The molecule has 3 nitrogen and oxygen atoms in total. The van der Waals surface area contributed by atoms with Crippen LogP contribution in [0, 0.1) is 0 Å². The molecule has 0 aromatic carbocycles. The summed E-state index contributed by atoms with van der Waals surface area (Å²) in [6, 6.07) is 3.19. The van der Waals surface area contributed by atoms with Crippen LogP contribution < -0.4 is 5.32 Å². The van der Waals surface area contributed by atoms with Gasteiger partial charge in [-0.05, 0) is 24.1 Å². The molecule has 0 saturated carbocycles. The van der Waals surface area contributed by atoms with Crippen LogP contribution in [0.25, 0.3) is 0 Å². The summed E-state index contributed by atoms with van der Waals surface area (Å²) in [5.74, 6) is -0.812. The number of aromatic nitrogens is 1. The zero-order valence-corrected chi connectivity index (χ0v) is 8.64. The summed E-state index contributed by atoms with van der Waals surface area (Å²) in [4.78, 5) is 15.0. The summed E-state index contributed by atoms with van der Waals surface area (Å²) >= 11 is 0. The highest BCUT2D eigenvalue weighted by Crippen LogP contribution is 2.12. The molecule has 16 heavy (non-hydrogen) atoms. The van der Waals surface area contributed by atoms with E-state index in [4.69, 9.17) is 0 Å². The van der Waals surface area contributed by atoms with E-state index in [0.29, 0.717) is 6.42 Å². The summed E-state index contributed by atoms with van der Waals surface area (Å²) in [7, 11) is 0. The van der Waals surface area contributed by atoms with E-state index >= 15 is 0 Å². The van der Waals surface area contributed by atoms with Crippen LogP contribution in [0.15, 0.2) is 18.3 Å². The van der Waals surface area contributed by atoms with Gasteiger partial charge in [-0.1, -0.05) is 6.92 Å². The highest BCUT2D eigenvalue weighted by molar-refractivity contribution is 5.92. The van der Waals surface area contributed by atoms with Crippen LogP contribution in [-0.4, -0.2) is 23.6 Å². The van der Waals surface area contributed by atoms with Gasteiger partial charge >= 0.3 is 6.18 Å². The first-order valence-corrected chi connectivity index (χ1v) is 4.72. The molecule has 1 rings (SSSR count). The Morgan fingerprint density at radius 3 is 2.75 bits per heavy atom. The Labute approximate surface area is 90.7 Å². The van der Waals surface area contributed by atoms with E-state index < -0.39 is 18.6 Å². The van der Waals surface area contributed by atoms with E-state index in [0.717, 1.165) is 5.56 Å². The minimum atomic E-state index is -4.40. The normalized spacial score (nSPS) is 11.2. The number of hydrogen-bond donors (Lipinski definition) is 1. The lowest BCUT2D eigenvalue weighted by molar-refractivity contribution is -0.123. The molecule has 0 spiro atoms. The molecule has 1 amide bonds. The summed E-state index contributed by atoms with van der Waals surface area (Å²) in [6.07, 6.45) is -2.30. The number of alkyl halides is 3. The van der Waals surface area contributed by atoms with Crippen molar-refractivity contribution < 1.29 is 18.0 Å². The summed E-state index contributed by atoms with van der Waals surface area (Å²) in [5, 5.41) is 1.76. The van der Waals surface area contributed by atoms with Crippen molar-refractivity contribution >= 4 is 5.91 Å². The van der Waals surface area contributed by atoms with Gasteiger partial charge in [0.1, 0.15) is 12.2 Å². The SMILES string of the molecule is CCc1ccnc(C(=O)NCC(F)(F)F)c1. The topological polar surface area (TPSA) is 42.0 Å². The van der Waals surface area contributed by atoms with Crippen LogP contribution in [0.5, 0.6) is 0 Å². The lowest BCUT2D eigenvalue weighted by Crippen LogP contribution is -2.34. The number of aryl methyl sites for hydroxylation is 1. The Morgan fingerprint density at radius 1 is 1.50 bits per heavy atom. The van der Waals surface area contributed by atoms with Crippen molar-refractivity contribution in [1.29, 1.82) is 0 Å². The van der Waals surface area contributed by atoms with E-state index in [1.807, 2.05) is 6.92 Å². The Kier molecular flexibility index (Phi) is 3.87. The number of amides is 1. The molecule has 1 heterocycles. The Morgan fingerprint density at radius 2 is 2.19 bits per heavy atom. The van der Waals surface area contributed by atoms with Gasteiger partial charge in [-0.15, -0.1) is 0 Å². The van der Waals surface area contributed by atoms with Crippen LogP contribution >= 0.6 is 0 Å². The molecule has 0 fully saturated rings. The van der Waals surface area contributed by atoms with E-state index in [1.54, 1.807) is 11.4 Å². The minimum absolute atomic E-state index is 0.00333. The first-order valence-electron chi connectivity index (χ1n) is 4.72. The standard InChI is InChI=1S/C10H11F3N2O/c1-2-7-3-4-14-8(5-7)9(16)15-6-10(11,12)13/h3-5H,2,6H2,1H3,(H,15,16). The molecule has 0 aliphatic rings. The van der Waals surface area contributed by atoms with Crippen LogP contribution in [-0.2, 0) is 6.42 Å². The van der Waals surface area contributed by atoms with Crippen LogP contribution in [0.1, 0.15) is 23.0 Å². The molecule has 0 aliphatic heterocycles. The Balaban J connectivity index is 2.66. The number of rotatable bonds is 3. The van der Waals surface area contributed by atoms with Crippen LogP contribution in [0.4, 0.5) is 13.2 Å². The number of nitrogens with one attached hydrogen (secondary N) is 1. The van der Waals surface area contributed by atoms with Crippen molar-refractivity contribution in [1.82, 2.24) is 10.3 Å². The van der Waals surface area contributed by atoms with Crippen molar-refractivity contribution in [2.24, 2.45) is 0 Å². The van der Waals surface area contributed by atoms with E-state index in [1.165, 1.54) is 12.3 Å². The Bertz CT molecular complexity index is 377. The molecule has 0 saturated heterocycles. The molecular formula is C10H11F3N2O. The molecule has 0 atom stereocenters. The summed E-state index contributed by atoms with van der Waals surface area (Å²) in [6.45, 7) is 0.538. The molecule has 0 aliphatic carbocycles. The maximum absolute atomic E-state index is 11.8. The fourth-order valence-corrected chi connectivity index (χ4v) is 1.09.